The molecular weight excluding hydrogens is 164 g/mol. The summed E-state index contributed by atoms with van der Waals surface area (Å²) in [6, 6.07) is 0.313. The summed E-state index contributed by atoms with van der Waals surface area (Å²) in [4.78, 5) is 2.45. The maximum absolute atomic E-state index is 5.72. The highest BCUT2D eigenvalue weighted by atomic mass is 16.5. The van der Waals surface area contributed by atoms with Gasteiger partial charge < -0.3 is 10.5 Å². The summed E-state index contributed by atoms with van der Waals surface area (Å²) in [5, 5.41) is 0. The quantitative estimate of drug-likeness (QED) is 0.709. The van der Waals surface area contributed by atoms with Crippen LogP contribution in [0.25, 0.3) is 0 Å². The lowest BCUT2D eigenvalue weighted by Crippen LogP contribution is -2.46. The van der Waals surface area contributed by atoms with E-state index in [1.807, 2.05) is 0 Å². The van der Waals surface area contributed by atoms with Crippen molar-refractivity contribution in [3.05, 3.63) is 0 Å². The molecule has 1 fully saturated rings. The molecule has 2 N–H and O–H groups in total. The lowest BCUT2D eigenvalue weighted by atomic mass is 10.2. The number of rotatable bonds is 3. The van der Waals surface area contributed by atoms with E-state index in [-0.39, 0.29) is 0 Å². The number of ether oxygens (including phenoxy) is 1. The zero-order chi connectivity index (χ0) is 9.84. The maximum Gasteiger partial charge on any atom is 0.0678 e. The molecule has 0 amide bonds. The Kier molecular flexibility index (Phi) is 4.16. The first-order valence-electron chi connectivity index (χ1n) is 5.21. The number of nitrogens with two attached hydrogens (primary N) is 1. The molecule has 78 valence electrons. The number of morpholine rings is 1. The number of hydrogen-bond acceptors (Lipinski definition) is 3. The Morgan fingerprint density at radius 3 is 2.38 bits per heavy atom. The van der Waals surface area contributed by atoms with Crippen molar-refractivity contribution in [1.82, 2.24) is 4.90 Å². The van der Waals surface area contributed by atoms with E-state index < -0.39 is 0 Å². The third-order valence-electron chi connectivity index (χ3n) is 2.40. The van der Waals surface area contributed by atoms with E-state index in [0.29, 0.717) is 18.2 Å². The van der Waals surface area contributed by atoms with Crippen molar-refractivity contribution in [3.63, 3.8) is 0 Å². The third-order valence-corrected chi connectivity index (χ3v) is 2.40. The highest BCUT2D eigenvalue weighted by Crippen LogP contribution is 2.10. The van der Waals surface area contributed by atoms with Gasteiger partial charge >= 0.3 is 0 Å². The molecule has 0 aromatic carbocycles. The molecule has 1 saturated heterocycles. The summed E-state index contributed by atoms with van der Waals surface area (Å²) in [6.07, 6.45) is 1.83. The largest absolute Gasteiger partial charge is 0.373 e. The fourth-order valence-corrected chi connectivity index (χ4v) is 1.85. The van der Waals surface area contributed by atoms with Gasteiger partial charge in [-0.05, 0) is 33.7 Å². The van der Waals surface area contributed by atoms with Crippen LogP contribution in [-0.2, 0) is 4.74 Å². The second-order valence-electron chi connectivity index (χ2n) is 4.28. The summed E-state index contributed by atoms with van der Waals surface area (Å²) < 4.78 is 5.65. The van der Waals surface area contributed by atoms with Crippen LogP contribution in [0.1, 0.15) is 27.2 Å². The van der Waals surface area contributed by atoms with Crippen LogP contribution in [0, 0.1) is 0 Å². The lowest BCUT2D eigenvalue weighted by molar-refractivity contribution is -0.0683. The van der Waals surface area contributed by atoms with Crippen molar-refractivity contribution in [2.24, 2.45) is 5.73 Å². The molecule has 13 heavy (non-hydrogen) atoms. The van der Waals surface area contributed by atoms with E-state index in [1.165, 1.54) is 0 Å². The van der Waals surface area contributed by atoms with Gasteiger partial charge in [-0.1, -0.05) is 0 Å². The Morgan fingerprint density at radius 1 is 1.38 bits per heavy atom. The fourth-order valence-electron chi connectivity index (χ4n) is 1.85. The smallest absolute Gasteiger partial charge is 0.0678 e. The van der Waals surface area contributed by atoms with Gasteiger partial charge in [0, 0.05) is 19.1 Å². The van der Waals surface area contributed by atoms with E-state index in [4.69, 9.17) is 10.5 Å². The Labute approximate surface area is 81.2 Å². The molecule has 3 heteroatoms. The van der Waals surface area contributed by atoms with Crippen LogP contribution >= 0.6 is 0 Å². The van der Waals surface area contributed by atoms with Crippen LogP contribution < -0.4 is 5.73 Å². The molecule has 0 radical (unpaired) electrons. The minimum Gasteiger partial charge on any atom is -0.373 e. The highest BCUT2D eigenvalue weighted by molar-refractivity contribution is 4.73. The van der Waals surface area contributed by atoms with Gasteiger partial charge in [0.05, 0.1) is 12.2 Å². The molecular formula is C10H22N2O. The zero-order valence-corrected chi connectivity index (χ0v) is 8.99. The SMILES string of the molecule is C[C@H](N)CCN1C[C@@H](C)O[C@H](C)C1. The second-order valence-corrected chi connectivity index (χ2v) is 4.28. The summed E-state index contributed by atoms with van der Waals surface area (Å²) >= 11 is 0. The van der Waals surface area contributed by atoms with Gasteiger partial charge in [-0.3, -0.25) is 4.90 Å². The third kappa shape index (κ3) is 4.07. The Hall–Kier alpha value is -0.120. The first-order chi connectivity index (χ1) is 6.08. The van der Waals surface area contributed by atoms with E-state index >= 15 is 0 Å². The Bertz CT molecular complexity index is 140. The molecule has 0 saturated carbocycles. The molecule has 0 spiro atoms. The molecule has 3 nitrogen and oxygen atoms in total. The molecule has 1 heterocycles. The van der Waals surface area contributed by atoms with Crippen molar-refractivity contribution in [1.29, 1.82) is 0 Å². The summed E-state index contributed by atoms with van der Waals surface area (Å²) in [7, 11) is 0. The maximum atomic E-state index is 5.72. The standard InChI is InChI=1S/C10H22N2O/c1-8(11)4-5-12-6-9(2)13-10(3)7-12/h8-10H,4-7,11H2,1-3H3/t8-,9+,10+/m0/s1. The van der Waals surface area contributed by atoms with E-state index in [2.05, 4.69) is 25.7 Å². The van der Waals surface area contributed by atoms with Crippen LogP contribution in [0.15, 0.2) is 0 Å². The summed E-state index contributed by atoms with van der Waals surface area (Å²) in [5.41, 5.74) is 5.72. The predicted molar refractivity (Wildman–Crippen MR) is 54.7 cm³/mol. The van der Waals surface area contributed by atoms with Crippen LogP contribution in [-0.4, -0.2) is 42.8 Å². The van der Waals surface area contributed by atoms with Gasteiger partial charge in [0.25, 0.3) is 0 Å². The number of nitrogens with zero attached hydrogens (tertiary/aromatic N) is 1. The van der Waals surface area contributed by atoms with Crippen molar-refractivity contribution >= 4 is 0 Å². The van der Waals surface area contributed by atoms with Crippen LogP contribution in [0.2, 0.25) is 0 Å². The number of hydrogen-bond donors (Lipinski definition) is 1. The average molecular weight is 186 g/mol. The van der Waals surface area contributed by atoms with E-state index in [1.54, 1.807) is 0 Å². The van der Waals surface area contributed by atoms with Gasteiger partial charge in [-0.15, -0.1) is 0 Å². The molecule has 0 bridgehead atoms. The molecule has 3 atom stereocenters. The first-order valence-corrected chi connectivity index (χ1v) is 5.21. The predicted octanol–water partition coefficient (Wildman–Crippen LogP) is 0.833. The first kappa shape index (κ1) is 11.0. The topological polar surface area (TPSA) is 38.5 Å². The van der Waals surface area contributed by atoms with Crippen LogP contribution in [0.4, 0.5) is 0 Å². The van der Waals surface area contributed by atoms with Gasteiger partial charge in [-0.25, -0.2) is 0 Å². The van der Waals surface area contributed by atoms with Crippen molar-refractivity contribution < 1.29 is 4.74 Å². The molecule has 0 unspecified atom stereocenters. The lowest BCUT2D eigenvalue weighted by Gasteiger charge is -2.35. The summed E-state index contributed by atoms with van der Waals surface area (Å²) in [6.45, 7) is 9.54. The molecule has 0 aromatic rings. The highest BCUT2D eigenvalue weighted by Gasteiger charge is 2.21. The molecule has 0 aliphatic carbocycles. The van der Waals surface area contributed by atoms with Gasteiger partial charge in [-0.2, -0.15) is 0 Å². The van der Waals surface area contributed by atoms with E-state index in [9.17, 15) is 0 Å². The van der Waals surface area contributed by atoms with Crippen LogP contribution in [0.3, 0.4) is 0 Å². The van der Waals surface area contributed by atoms with Crippen LogP contribution in [0.5, 0.6) is 0 Å². The molecule has 1 rings (SSSR count). The van der Waals surface area contributed by atoms with Crippen molar-refractivity contribution in [3.8, 4) is 0 Å². The van der Waals surface area contributed by atoms with Gasteiger partial charge in [0.2, 0.25) is 0 Å². The Morgan fingerprint density at radius 2 is 1.92 bits per heavy atom. The second kappa shape index (κ2) is 4.94. The van der Waals surface area contributed by atoms with Crippen molar-refractivity contribution in [2.45, 2.75) is 45.4 Å². The van der Waals surface area contributed by atoms with Gasteiger partial charge in [0.1, 0.15) is 0 Å². The average Bonchev–Trinajstić information content (AvgIpc) is 1.99. The van der Waals surface area contributed by atoms with Gasteiger partial charge in [0.15, 0.2) is 0 Å². The van der Waals surface area contributed by atoms with Crippen molar-refractivity contribution in [2.75, 3.05) is 19.6 Å². The summed E-state index contributed by atoms with van der Waals surface area (Å²) in [5.74, 6) is 0. The molecule has 1 aliphatic heterocycles. The van der Waals surface area contributed by atoms with E-state index in [0.717, 1.165) is 26.1 Å². The molecule has 0 aromatic heterocycles. The minimum absolute atomic E-state index is 0.313. The molecule has 1 aliphatic rings. The fraction of sp³-hybridized carbons (Fsp3) is 1.00. The monoisotopic (exact) mass is 186 g/mol. The zero-order valence-electron chi connectivity index (χ0n) is 8.99. The minimum atomic E-state index is 0.313. The Balaban J connectivity index is 2.25. The normalized spacial score (nSPS) is 33.2.